The van der Waals surface area contributed by atoms with Crippen LogP contribution < -0.4 is 10.3 Å². The molecule has 3 aromatic rings. The van der Waals surface area contributed by atoms with Crippen molar-refractivity contribution in [3.05, 3.63) is 46.0 Å². The fraction of sp³-hybridized carbons (Fsp3) is 0.560. The van der Waals surface area contributed by atoms with Crippen molar-refractivity contribution < 1.29 is 14.3 Å². The van der Waals surface area contributed by atoms with Gasteiger partial charge in [0.25, 0.3) is 5.56 Å². The fourth-order valence-corrected chi connectivity index (χ4v) is 5.03. The molecule has 1 unspecified atom stereocenters. The highest BCUT2D eigenvalue weighted by Crippen LogP contribution is 2.33. The van der Waals surface area contributed by atoms with Crippen LogP contribution in [0.25, 0.3) is 10.9 Å². The van der Waals surface area contributed by atoms with Crippen molar-refractivity contribution >= 4 is 16.9 Å². The molecule has 1 fully saturated rings. The minimum Gasteiger partial charge on any atom is -0.497 e. The number of pyridine rings is 1. The summed E-state index contributed by atoms with van der Waals surface area (Å²) in [6.07, 6.45) is 6.36. The van der Waals surface area contributed by atoms with E-state index >= 15 is 0 Å². The van der Waals surface area contributed by atoms with Crippen molar-refractivity contribution in [3.63, 3.8) is 0 Å². The van der Waals surface area contributed by atoms with Crippen LogP contribution in [0.15, 0.2) is 29.1 Å². The highest BCUT2D eigenvalue weighted by Gasteiger charge is 2.32. The number of nitrogens with one attached hydrogen (secondary N) is 1. The molecule has 2 aromatic heterocycles. The SMILES string of the molecule is CCOC(=O)Cn1nnnc1C(CC)N(Cc1cc2cc(OC)ccc2[nH]c1=O)C1CCCCC1. The second kappa shape index (κ2) is 11.4. The molecule has 1 atom stereocenters. The lowest BCUT2D eigenvalue weighted by Crippen LogP contribution is -2.41. The van der Waals surface area contributed by atoms with E-state index < -0.39 is 0 Å². The number of benzene rings is 1. The normalized spacial score (nSPS) is 15.4. The molecule has 10 nitrogen and oxygen atoms in total. The lowest BCUT2D eigenvalue weighted by molar-refractivity contribution is -0.144. The Kier molecular flexibility index (Phi) is 8.12. The zero-order valence-corrected chi connectivity index (χ0v) is 20.7. The number of esters is 1. The van der Waals surface area contributed by atoms with Crippen molar-refractivity contribution in [1.82, 2.24) is 30.1 Å². The Bertz CT molecular complexity index is 1200. The average Bonchev–Trinajstić information content (AvgIpc) is 3.32. The number of hydrogen-bond acceptors (Lipinski definition) is 8. The standard InChI is InChI=1S/C25H34N6O4/c1-4-22(24-27-28-29-31(24)16-23(32)35-5-2)30(19-9-7-6-8-10-19)15-18-13-17-14-20(34-3)11-12-21(17)26-25(18)33/h11-14,19,22H,4-10,15-16H2,1-3H3,(H,26,33). The van der Waals surface area contributed by atoms with Crippen LogP contribution in [0, 0.1) is 0 Å². The van der Waals surface area contributed by atoms with Gasteiger partial charge in [-0.15, -0.1) is 5.10 Å². The maximum Gasteiger partial charge on any atom is 0.327 e. The molecule has 0 amide bonds. The molecule has 2 heterocycles. The number of carbonyl (C=O) groups is 1. The van der Waals surface area contributed by atoms with Crippen LogP contribution in [0.2, 0.25) is 0 Å². The Labute approximate surface area is 204 Å². The number of H-pyrrole nitrogens is 1. The number of aromatic amines is 1. The van der Waals surface area contributed by atoms with Crippen molar-refractivity contribution in [2.45, 2.75) is 77.5 Å². The molecule has 1 aliphatic carbocycles. The number of ether oxygens (including phenoxy) is 2. The minimum absolute atomic E-state index is 0.0401. The zero-order valence-electron chi connectivity index (χ0n) is 20.7. The first-order chi connectivity index (χ1) is 17.0. The predicted molar refractivity (Wildman–Crippen MR) is 131 cm³/mol. The van der Waals surface area contributed by atoms with Gasteiger partial charge in [0.15, 0.2) is 5.82 Å². The van der Waals surface area contributed by atoms with E-state index in [1.807, 2.05) is 24.3 Å². The number of nitrogens with zero attached hydrogens (tertiary/aromatic N) is 5. The molecule has 188 valence electrons. The topological polar surface area (TPSA) is 115 Å². The first kappa shape index (κ1) is 24.8. The molecular formula is C25H34N6O4. The zero-order chi connectivity index (χ0) is 24.8. The number of aromatic nitrogens is 5. The predicted octanol–water partition coefficient (Wildman–Crippen LogP) is 3.37. The highest BCUT2D eigenvalue weighted by molar-refractivity contribution is 5.80. The van der Waals surface area contributed by atoms with E-state index in [2.05, 4.69) is 32.3 Å². The maximum absolute atomic E-state index is 13.1. The molecule has 1 N–H and O–H groups in total. The smallest absolute Gasteiger partial charge is 0.327 e. The summed E-state index contributed by atoms with van der Waals surface area (Å²) in [5.41, 5.74) is 1.35. The van der Waals surface area contributed by atoms with Gasteiger partial charge in [-0.3, -0.25) is 14.5 Å². The summed E-state index contributed by atoms with van der Waals surface area (Å²) in [5, 5.41) is 13.2. The Morgan fingerprint density at radius 3 is 2.74 bits per heavy atom. The fourth-order valence-electron chi connectivity index (χ4n) is 5.03. The molecule has 0 radical (unpaired) electrons. The van der Waals surface area contributed by atoms with E-state index in [1.54, 1.807) is 14.0 Å². The van der Waals surface area contributed by atoms with Crippen LogP contribution in [0.4, 0.5) is 0 Å². The van der Waals surface area contributed by atoms with Crippen molar-refractivity contribution in [1.29, 1.82) is 0 Å². The quantitative estimate of drug-likeness (QED) is 0.437. The third-order valence-corrected chi connectivity index (χ3v) is 6.75. The molecule has 0 aliphatic heterocycles. The molecular weight excluding hydrogens is 448 g/mol. The Morgan fingerprint density at radius 2 is 2.03 bits per heavy atom. The van der Waals surface area contributed by atoms with Crippen LogP contribution in [-0.2, 0) is 22.6 Å². The van der Waals surface area contributed by atoms with Gasteiger partial charge in [0.2, 0.25) is 0 Å². The van der Waals surface area contributed by atoms with E-state index in [1.165, 1.54) is 11.1 Å². The van der Waals surface area contributed by atoms with Gasteiger partial charge in [-0.2, -0.15) is 0 Å². The maximum atomic E-state index is 13.1. The first-order valence-corrected chi connectivity index (χ1v) is 12.4. The second-order valence-electron chi connectivity index (χ2n) is 8.96. The number of hydrogen-bond donors (Lipinski definition) is 1. The van der Waals surface area contributed by atoms with Crippen LogP contribution >= 0.6 is 0 Å². The summed E-state index contributed by atoms with van der Waals surface area (Å²) in [6.45, 7) is 4.57. The van der Waals surface area contributed by atoms with Gasteiger partial charge < -0.3 is 14.5 Å². The van der Waals surface area contributed by atoms with E-state index in [9.17, 15) is 9.59 Å². The number of methoxy groups -OCH3 is 1. The van der Waals surface area contributed by atoms with Gasteiger partial charge >= 0.3 is 5.97 Å². The summed E-state index contributed by atoms with van der Waals surface area (Å²) >= 11 is 0. The second-order valence-corrected chi connectivity index (χ2v) is 8.96. The molecule has 4 rings (SSSR count). The molecule has 1 aromatic carbocycles. The van der Waals surface area contributed by atoms with Crippen LogP contribution in [0.5, 0.6) is 5.75 Å². The highest BCUT2D eigenvalue weighted by atomic mass is 16.5. The average molecular weight is 483 g/mol. The van der Waals surface area contributed by atoms with E-state index in [-0.39, 0.29) is 24.1 Å². The minimum atomic E-state index is -0.375. The van der Waals surface area contributed by atoms with Crippen molar-refractivity contribution in [3.8, 4) is 5.75 Å². The Morgan fingerprint density at radius 1 is 1.23 bits per heavy atom. The van der Waals surface area contributed by atoms with Crippen molar-refractivity contribution in [2.24, 2.45) is 0 Å². The lowest BCUT2D eigenvalue weighted by atomic mass is 9.92. The summed E-state index contributed by atoms with van der Waals surface area (Å²) in [7, 11) is 1.63. The third kappa shape index (κ3) is 5.70. The summed E-state index contributed by atoms with van der Waals surface area (Å²) < 4.78 is 12.0. The monoisotopic (exact) mass is 482 g/mol. The van der Waals surface area contributed by atoms with E-state index in [0.29, 0.717) is 30.6 Å². The van der Waals surface area contributed by atoms with E-state index in [0.717, 1.165) is 48.8 Å². The van der Waals surface area contributed by atoms with Crippen LogP contribution in [0.1, 0.15) is 69.8 Å². The molecule has 0 saturated heterocycles. The summed E-state index contributed by atoms with van der Waals surface area (Å²) in [5.74, 6) is 0.981. The lowest BCUT2D eigenvalue weighted by Gasteiger charge is -2.39. The van der Waals surface area contributed by atoms with Gasteiger partial charge in [0.1, 0.15) is 12.3 Å². The third-order valence-electron chi connectivity index (χ3n) is 6.75. The Balaban J connectivity index is 1.70. The molecule has 1 saturated carbocycles. The molecule has 10 heteroatoms. The summed E-state index contributed by atoms with van der Waals surface area (Å²) in [4.78, 5) is 30.6. The van der Waals surface area contributed by atoms with Gasteiger partial charge in [-0.05, 0) is 60.9 Å². The molecule has 0 spiro atoms. The number of tetrazole rings is 1. The summed E-state index contributed by atoms with van der Waals surface area (Å²) in [6, 6.07) is 7.71. The largest absolute Gasteiger partial charge is 0.497 e. The van der Waals surface area contributed by atoms with Crippen molar-refractivity contribution in [2.75, 3.05) is 13.7 Å². The first-order valence-electron chi connectivity index (χ1n) is 12.4. The van der Waals surface area contributed by atoms with Gasteiger partial charge in [0, 0.05) is 29.1 Å². The van der Waals surface area contributed by atoms with Gasteiger partial charge in [0.05, 0.1) is 19.8 Å². The number of rotatable bonds is 10. The Hall–Kier alpha value is -3.27. The van der Waals surface area contributed by atoms with Gasteiger partial charge in [-0.25, -0.2) is 4.68 Å². The van der Waals surface area contributed by atoms with Crippen LogP contribution in [-0.4, -0.2) is 55.8 Å². The number of fused-ring (bicyclic) bond motifs is 1. The molecule has 1 aliphatic rings. The molecule has 0 bridgehead atoms. The number of carbonyl (C=O) groups excluding carboxylic acids is 1. The van der Waals surface area contributed by atoms with E-state index in [4.69, 9.17) is 9.47 Å². The van der Waals surface area contributed by atoms with Crippen LogP contribution in [0.3, 0.4) is 0 Å². The van der Waals surface area contributed by atoms with Gasteiger partial charge in [-0.1, -0.05) is 26.2 Å². The molecule has 35 heavy (non-hydrogen) atoms.